The van der Waals surface area contributed by atoms with Crippen molar-refractivity contribution in [3.63, 3.8) is 0 Å². The maximum absolute atomic E-state index is 12.6. The Kier molecular flexibility index (Phi) is 10.1. The number of nitrogens with two attached hydrogens (primary N) is 1. The van der Waals surface area contributed by atoms with Crippen molar-refractivity contribution in [3.8, 4) is 0 Å². The van der Waals surface area contributed by atoms with E-state index in [9.17, 15) is 34.2 Å². The SMILES string of the molecule is CC(O)C(NC(=O)CN)C(=O)NC(CCC(=O)O)C(=O)NC(Cc1cnc[nH]1)C(=O)O. The van der Waals surface area contributed by atoms with E-state index in [1.807, 2.05) is 0 Å². The number of aromatic nitrogens is 2. The summed E-state index contributed by atoms with van der Waals surface area (Å²) in [5, 5.41) is 34.7. The Bertz CT molecular complexity index is 782. The lowest BCUT2D eigenvalue weighted by Crippen LogP contribution is -2.59. The van der Waals surface area contributed by atoms with Crippen LogP contribution in [0.4, 0.5) is 0 Å². The van der Waals surface area contributed by atoms with Crippen molar-refractivity contribution in [2.75, 3.05) is 6.54 Å². The summed E-state index contributed by atoms with van der Waals surface area (Å²) in [6.07, 6.45) is 0.345. The molecular formula is C17H26N6O8. The number of imidazole rings is 1. The van der Waals surface area contributed by atoms with Gasteiger partial charge >= 0.3 is 11.9 Å². The van der Waals surface area contributed by atoms with E-state index < -0.39 is 66.9 Å². The molecule has 0 aromatic carbocycles. The van der Waals surface area contributed by atoms with E-state index in [1.165, 1.54) is 19.4 Å². The number of hydrogen-bond acceptors (Lipinski definition) is 8. The predicted octanol–water partition coefficient (Wildman–Crippen LogP) is -3.30. The molecule has 31 heavy (non-hydrogen) atoms. The summed E-state index contributed by atoms with van der Waals surface area (Å²) in [4.78, 5) is 65.5. The minimum atomic E-state index is -1.46. The summed E-state index contributed by atoms with van der Waals surface area (Å²) in [5.74, 6) is -5.26. The fourth-order valence-electron chi connectivity index (χ4n) is 2.52. The Labute approximate surface area is 176 Å². The van der Waals surface area contributed by atoms with Gasteiger partial charge in [-0.25, -0.2) is 9.78 Å². The molecule has 0 aliphatic carbocycles. The van der Waals surface area contributed by atoms with Gasteiger partial charge in [-0.3, -0.25) is 19.2 Å². The molecule has 1 aromatic rings. The van der Waals surface area contributed by atoms with Crippen molar-refractivity contribution in [2.45, 2.75) is 50.4 Å². The van der Waals surface area contributed by atoms with E-state index in [4.69, 9.17) is 10.8 Å². The Balaban J connectivity index is 2.95. The molecule has 9 N–H and O–H groups in total. The zero-order valence-electron chi connectivity index (χ0n) is 16.7. The first-order valence-electron chi connectivity index (χ1n) is 9.25. The Morgan fingerprint density at radius 3 is 2.23 bits per heavy atom. The van der Waals surface area contributed by atoms with Gasteiger partial charge in [0.25, 0.3) is 0 Å². The monoisotopic (exact) mass is 442 g/mol. The van der Waals surface area contributed by atoms with Crippen LogP contribution >= 0.6 is 0 Å². The molecule has 3 amide bonds. The number of aliphatic hydroxyl groups excluding tert-OH is 1. The third-order valence-corrected chi connectivity index (χ3v) is 4.14. The molecule has 0 saturated heterocycles. The van der Waals surface area contributed by atoms with Crippen LogP contribution in [0, 0.1) is 0 Å². The highest BCUT2D eigenvalue weighted by Gasteiger charge is 2.31. The number of carboxylic acid groups (broad SMARTS) is 2. The molecule has 14 heteroatoms. The fourth-order valence-corrected chi connectivity index (χ4v) is 2.52. The van der Waals surface area contributed by atoms with E-state index in [1.54, 1.807) is 0 Å². The van der Waals surface area contributed by atoms with Crippen molar-refractivity contribution in [2.24, 2.45) is 5.73 Å². The molecule has 0 aliphatic rings. The van der Waals surface area contributed by atoms with Crippen LogP contribution in [0.1, 0.15) is 25.5 Å². The molecule has 172 valence electrons. The number of H-pyrrole nitrogens is 1. The second kappa shape index (κ2) is 12.2. The number of hydrogen-bond donors (Lipinski definition) is 8. The first kappa shape index (κ1) is 25.5. The van der Waals surface area contributed by atoms with Crippen LogP contribution in [0.5, 0.6) is 0 Å². The molecule has 0 spiro atoms. The lowest BCUT2D eigenvalue weighted by atomic mass is 10.1. The van der Waals surface area contributed by atoms with Crippen molar-refractivity contribution in [1.29, 1.82) is 0 Å². The standard InChI is InChI=1S/C17H26N6O8/c1-8(24)14(23-12(25)5-18)16(29)21-10(2-3-13(26)27)15(28)22-11(17(30)31)4-9-6-19-7-20-9/h6-8,10-11,14,24H,2-5,18H2,1H3,(H,19,20)(H,21,29)(H,22,28)(H,23,25)(H,26,27)(H,30,31). The average molecular weight is 442 g/mol. The Morgan fingerprint density at radius 1 is 1.10 bits per heavy atom. The summed E-state index contributed by atoms with van der Waals surface area (Å²) in [7, 11) is 0. The number of nitrogens with zero attached hydrogens (tertiary/aromatic N) is 1. The maximum atomic E-state index is 12.6. The lowest BCUT2D eigenvalue weighted by Gasteiger charge is -2.25. The topological polar surface area (TPSA) is 237 Å². The molecule has 4 unspecified atom stereocenters. The molecule has 1 aromatic heterocycles. The molecular weight excluding hydrogens is 416 g/mol. The van der Waals surface area contributed by atoms with Gasteiger partial charge in [0, 0.05) is 24.7 Å². The van der Waals surface area contributed by atoms with Crippen LogP contribution in [0.2, 0.25) is 0 Å². The third-order valence-electron chi connectivity index (χ3n) is 4.14. The van der Waals surface area contributed by atoms with Gasteiger partial charge in [-0.1, -0.05) is 0 Å². The minimum Gasteiger partial charge on any atom is -0.481 e. The number of rotatable bonds is 13. The predicted molar refractivity (Wildman–Crippen MR) is 103 cm³/mol. The van der Waals surface area contributed by atoms with Crippen LogP contribution in [-0.4, -0.2) is 85.7 Å². The van der Waals surface area contributed by atoms with Gasteiger partial charge in [0.05, 0.1) is 19.0 Å². The molecule has 0 bridgehead atoms. The molecule has 1 heterocycles. The molecule has 0 fully saturated rings. The number of nitrogens with one attached hydrogen (secondary N) is 4. The summed E-state index contributed by atoms with van der Waals surface area (Å²) in [5.41, 5.74) is 5.60. The number of amides is 3. The largest absolute Gasteiger partial charge is 0.481 e. The molecule has 1 rings (SSSR count). The zero-order chi connectivity index (χ0) is 23.6. The number of carbonyl (C=O) groups is 5. The first-order valence-corrected chi connectivity index (χ1v) is 9.25. The molecule has 0 saturated carbocycles. The van der Waals surface area contributed by atoms with Crippen molar-refractivity contribution < 1.29 is 39.3 Å². The summed E-state index contributed by atoms with van der Waals surface area (Å²) in [6.45, 7) is 0.769. The number of carboxylic acids is 2. The minimum absolute atomic E-state index is 0.135. The van der Waals surface area contributed by atoms with E-state index in [2.05, 4.69) is 25.9 Å². The molecule has 0 aliphatic heterocycles. The number of aliphatic carboxylic acids is 2. The lowest BCUT2D eigenvalue weighted by molar-refractivity contribution is -0.143. The van der Waals surface area contributed by atoms with Crippen LogP contribution in [0.3, 0.4) is 0 Å². The molecule has 14 nitrogen and oxygen atoms in total. The van der Waals surface area contributed by atoms with Crippen LogP contribution in [0.15, 0.2) is 12.5 Å². The number of carbonyl (C=O) groups excluding carboxylic acids is 3. The van der Waals surface area contributed by atoms with E-state index in [0.29, 0.717) is 5.69 Å². The van der Waals surface area contributed by atoms with Gasteiger partial charge < -0.3 is 42.0 Å². The highest BCUT2D eigenvalue weighted by Crippen LogP contribution is 2.04. The van der Waals surface area contributed by atoms with Gasteiger partial charge in [0.1, 0.15) is 18.1 Å². The smallest absolute Gasteiger partial charge is 0.326 e. The highest BCUT2D eigenvalue weighted by molar-refractivity contribution is 5.94. The van der Waals surface area contributed by atoms with Gasteiger partial charge in [0.2, 0.25) is 17.7 Å². The van der Waals surface area contributed by atoms with E-state index in [-0.39, 0.29) is 12.8 Å². The van der Waals surface area contributed by atoms with Crippen molar-refractivity contribution >= 4 is 29.7 Å². The second-order valence-electron chi connectivity index (χ2n) is 6.66. The first-order chi connectivity index (χ1) is 14.5. The fraction of sp³-hybridized carbons (Fsp3) is 0.529. The number of aliphatic hydroxyl groups is 1. The highest BCUT2D eigenvalue weighted by atomic mass is 16.4. The maximum Gasteiger partial charge on any atom is 0.326 e. The second-order valence-corrected chi connectivity index (χ2v) is 6.66. The van der Waals surface area contributed by atoms with Gasteiger partial charge in [0.15, 0.2) is 0 Å². The van der Waals surface area contributed by atoms with E-state index in [0.717, 1.165) is 0 Å². The summed E-state index contributed by atoms with van der Waals surface area (Å²) in [6, 6.07) is -4.29. The third kappa shape index (κ3) is 8.79. The van der Waals surface area contributed by atoms with Crippen LogP contribution < -0.4 is 21.7 Å². The van der Waals surface area contributed by atoms with Crippen molar-refractivity contribution in [1.82, 2.24) is 25.9 Å². The van der Waals surface area contributed by atoms with Crippen molar-refractivity contribution in [3.05, 3.63) is 18.2 Å². The van der Waals surface area contributed by atoms with Gasteiger partial charge in [-0.2, -0.15) is 0 Å². The number of aromatic amines is 1. The zero-order valence-corrected chi connectivity index (χ0v) is 16.7. The van der Waals surface area contributed by atoms with E-state index >= 15 is 0 Å². The van der Waals surface area contributed by atoms with Crippen LogP contribution in [-0.2, 0) is 30.4 Å². The van der Waals surface area contributed by atoms with Gasteiger partial charge in [-0.05, 0) is 13.3 Å². The quantitative estimate of drug-likeness (QED) is 0.151. The molecule has 4 atom stereocenters. The summed E-state index contributed by atoms with van der Waals surface area (Å²) < 4.78 is 0. The summed E-state index contributed by atoms with van der Waals surface area (Å²) >= 11 is 0. The van der Waals surface area contributed by atoms with Crippen LogP contribution in [0.25, 0.3) is 0 Å². The van der Waals surface area contributed by atoms with Gasteiger partial charge in [-0.15, -0.1) is 0 Å². The Hall–Kier alpha value is -3.52. The average Bonchev–Trinajstić information content (AvgIpc) is 3.20. The molecule has 0 radical (unpaired) electrons. The normalized spacial score (nSPS) is 14.5. The Morgan fingerprint density at radius 2 is 1.74 bits per heavy atom.